The predicted octanol–water partition coefficient (Wildman–Crippen LogP) is 1.92. The lowest BCUT2D eigenvalue weighted by Crippen LogP contribution is -2.11. The molecule has 0 aliphatic carbocycles. The van der Waals surface area contributed by atoms with Crippen molar-refractivity contribution in [2.75, 3.05) is 20.3 Å². The molecule has 4 N–H and O–H groups in total. The third-order valence-electron chi connectivity index (χ3n) is 3.52. The van der Waals surface area contributed by atoms with Gasteiger partial charge in [-0.15, -0.1) is 0 Å². The van der Waals surface area contributed by atoms with Gasteiger partial charge in [-0.2, -0.15) is 0 Å². The summed E-state index contributed by atoms with van der Waals surface area (Å²) in [6.07, 6.45) is 1.62. The van der Waals surface area contributed by atoms with Crippen LogP contribution in [0.4, 0.5) is 0 Å². The Bertz CT molecular complexity index is 671. The second-order valence-electron chi connectivity index (χ2n) is 5.19. The minimum absolute atomic E-state index is 0.394. The number of ether oxygens (including phenoxy) is 2. The van der Waals surface area contributed by atoms with Crippen molar-refractivity contribution < 1.29 is 14.3 Å². The van der Waals surface area contributed by atoms with E-state index in [4.69, 9.17) is 20.9 Å². The Balaban J connectivity index is 2.01. The highest BCUT2D eigenvalue weighted by Crippen LogP contribution is 2.28. The van der Waals surface area contributed by atoms with E-state index in [0.29, 0.717) is 30.2 Å². The van der Waals surface area contributed by atoms with Crippen LogP contribution in [0.15, 0.2) is 42.5 Å². The van der Waals surface area contributed by atoms with Gasteiger partial charge in [0.1, 0.15) is 0 Å². The fourth-order valence-electron chi connectivity index (χ4n) is 2.33. The largest absolute Gasteiger partial charge is 0.493 e. The Hall–Kier alpha value is -2.53. The van der Waals surface area contributed by atoms with Crippen LogP contribution < -0.4 is 20.9 Å². The summed E-state index contributed by atoms with van der Waals surface area (Å²) in [6.45, 7) is 1.11. The zero-order chi connectivity index (χ0) is 16.7. The molecule has 2 aromatic rings. The van der Waals surface area contributed by atoms with E-state index in [1.165, 1.54) is 11.1 Å². The lowest BCUT2D eigenvalue weighted by molar-refractivity contribution is 0.0999. The molecule has 0 aromatic heterocycles. The van der Waals surface area contributed by atoms with Gasteiger partial charge in [0.25, 0.3) is 0 Å². The third-order valence-corrected chi connectivity index (χ3v) is 3.52. The molecule has 0 radical (unpaired) electrons. The number of methoxy groups -OCH3 is 1. The molecule has 0 heterocycles. The molecule has 0 aliphatic heterocycles. The fraction of sp³-hybridized carbons (Fsp3) is 0.278. The van der Waals surface area contributed by atoms with E-state index in [9.17, 15) is 4.79 Å². The van der Waals surface area contributed by atoms with Crippen LogP contribution in [0.5, 0.6) is 11.5 Å². The maximum Gasteiger partial charge on any atom is 0.248 e. The first-order chi connectivity index (χ1) is 11.1. The predicted molar refractivity (Wildman–Crippen MR) is 89.9 cm³/mol. The van der Waals surface area contributed by atoms with Gasteiger partial charge in [-0.25, -0.2) is 0 Å². The summed E-state index contributed by atoms with van der Waals surface area (Å²) in [4.78, 5) is 11.3. The van der Waals surface area contributed by atoms with Gasteiger partial charge >= 0.3 is 0 Å². The van der Waals surface area contributed by atoms with E-state index >= 15 is 0 Å². The van der Waals surface area contributed by atoms with Crippen molar-refractivity contribution in [3.63, 3.8) is 0 Å². The van der Waals surface area contributed by atoms with Gasteiger partial charge < -0.3 is 20.9 Å². The molecule has 2 aromatic carbocycles. The molecular formula is C18H22N2O3. The molecule has 0 spiro atoms. The van der Waals surface area contributed by atoms with Gasteiger partial charge in [0.05, 0.1) is 13.7 Å². The molecule has 2 rings (SSSR count). The van der Waals surface area contributed by atoms with Gasteiger partial charge in [-0.05, 0) is 42.3 Å². The van der Waals surface area contributed by atoms with E-state index in [1.54, 1.807) is 25.3 Å². The quantitative estimate of drug-likeness (QED) is 0.779. The van der Waals surface area contributed by atoms with Crippen molar-refractivity contribution in [1.82, 2.24) is 0 Å². The Labute approximate surface area is 136 Å². The summed E-state index contributed by atoms with van der Waals surface area (Å²) in [5, 5.41) is 0. The molecule has 0 saturated carbocycles. The van der Waals surface area contributed by atoms with E-state index < -0.39 is 5.91 Å². The van der Waals surface area contributed by atoms with Crippen molar-refractivity contribution in [3.8, 4) is 11.5 Å². The van der Waals surface area contributed by atoms with Gasteiger partial charge in [0, 0.05) is 12.0 Å². The minimum atomic E-state index is -0.494. The Kier molecular flexibility index (Phi) is 6.00. The molecule has 1 amide bonds. The molecule has 0 atom stereocenters. The van der Waals surface area contributed by atoms with Crippen molar-refractivity contribution in [1.29, 1.82) is 0 Å². The summed E-state index contributed by atoms with van der Waals surface area (Å²) in [5.74, 6) is 0.598. The van der Waals surface area contributed by atoms with Gasteiger partial charge in [0.15, 0.2) is 11.5 Å². The maximum atomic E-state index is 11.3. The lowest BCUT2D eigenvalue weighted by Gasteiger charge is -2.12. The smallest absolute Gasteiger partial charge is 0.248 e. The Morgan fingerprint density at radius 3 is 2.43 bits per heavy atom. The molecule has 5 heteroatoms. The van der Waals surface area contributed by atoms with Crippen LogP contribution in [0.3, 0.4) is 0 Å². The number of benzene rings is 2. The average Bonchev–Trinajstić information content (AvgIpc) is 2.55. The second kappa shape index (κ2) is 8.19. The monoisotopic (exact) mass is 314 g/mol. The van der Waals surface area contributed by atoms with Crippen LogP contribution in [0.1, 0.15) is 21.5 Å². The molecule has 0 fully saturated rings. The summed E-state index contributed by atoms with van der Waals surface area (Å²) in [7, 11) is 1.56. The highest BCUT2D eigenvalue weighted by Gasteiger charge is 2.09. The zero-order valence-electron chi connectivity index (χ0n) is 13.2. The van der Waals surface area contributed by atoms with E-state index in [1.807, 2.05) is 6.07 Å². The molecule has 0 saturated heterocycles. The van der Waals surface area contributed by atoms with E-state index in [2.05, 4.69) is 18.2 Å². The number of rotatable bonds is 8. The van der Waals surface area contributed by atoms with Crippen LogP contribution in [-0.4, -0.2) is 26.2 Å². The zero-order valence-corrected chi connectivity index (χ0v) is 13.2. The molecule has 23 heavy (non-hydrogen) atoms. The number of carbonyl (C=O) groups is 1. The first-order valence-corrected chi connectivity index (χ1v) is 7.52. The SMILES string of the molecule is COc1ccc(C(N)=O)cc1OCCc1cccc(CCN)c1. The molecule has 0 bridgehead atoms. The third kappa shape index (κ3) is 4.72. The molecule has 122 valence electrons. The molecular weight excluding hydrogens is 292 g/mol. The minimum Gasteiger partial charge on any atom is -0.493 e. The number of hydrogen-bond donors (Lipinski definition) is 2. The van der Waals surface area contributed by atoms with Crippen molar-refractivity contribution in [2.45, 2.75) is 12.8 Å². The molecule has 0 aliphatic rings. The average molecular weight is 314 g/mol. The summed E-state index contributed by atoms with van der Waals surface area (Å²) >= 11 is 0. The number of amides is 1. The first kappa shape index (κ1) is 16.8. The maximum absolute atomic E-state index is 11.3. The summed E-state index contributed by atoms with van der Waals surface area (Å²) in [6, 6.07) is 13.2. The van der Waals surface area contributed by atoms with Crippen molar-refractivity contribution in [2.24, 2.45) is 11.5 Å². The summed E-state index contributed by atoms with van der Waals surface area (Å²) < 4.78 is 11.0. The van der Waals surface area contributed by atoms with Crippen molar-refractivity contribution >= 4 is 5.91 Å². The van der Waals surface area contributed by atoms with Crippen LogP contribution in [0.25, 0.3) is 0 Å². The molecule has 5 nitrogen and oxygen atoms in total. The van der Waals surface area contributed by atoms with E-state index in [0.717, 1.165) is 12.8 Å². The van der Waals surface area contributed by atoms with Gasteiger partial charge in [0.2, 0.25) is 5.91 Å². The fourth-order valence-corrected chi connectivity index (χ4v) is 2.33. The first-order valence-electron chi connectivity index (χ1n) is 7.52. The number of hydrogen-bond acceptors (Lipinski definition) is 4. The molecule has 0 unspecified atom stereocenters. The van der Waals surface area contributed by atoms with Crippen LogP contribution in [0.2, 0.25) is 0 Å². The van der Waals surface area contributed by atoms with Crippen LogP contribution in [0, 0.1) is 0 Å². The van der Waals surface area contributed by atoms with Gasteiger partial charge in [-0.3, -0.25) is 4.79 Å². The van der Waals surface area contributed by atoms with Gasteiger partial charge in [-0.1, -0.05) is 24.3 Å². The number of primary amides is 1. The second-order valence-corrected chi connectivity index (χ2v) is 5.19. The Morgan fingerprint density at radius 1 is 1.04 bits per heavy atom. The summed E-state index contributed by atoms with van der Waals surface area (Å²) in [5.41, 5.74) is 13.7. The van der Waals surface area contributed by atoms with E-state index in [-0.39, 0.29) is 0 Å². The standard InChI is InChI=1S/C18H22N2O3/c1-22-16-6-5-15(18(20)21)12-17(16)23-10-8-14-4-2-3-13(11-14)7-9-19/h2-6,11-12H,7-10,19H2,1H3,(H2,20,21). The lowest BCUT2D eigenvalue weighted by atomic mass is 10.1. The van der Waals surface area contributed by atoms with Crippen molar-refractivity contribution in [3.05, 3.63) is 59.2 Å². The number of carbonyl (C=O) groups excluding carboxylic acids is 1. The topological polar surface area (TPSA) is 87.6 Å². The van der Waals surface area contributed by atoms with Crippen LogP contribution >= 0.6 is 0 Å². The van der Waals surface area contributed by atoms with Crippen LogP contribution in [-0.2, 0) is 12.8 Å². The Morgan fingerprint density at radius 2 is 1.78 bits per heavy atom. The highest BCUT2D eigenvalue weighted by molar-refractivity contribution is 5.93. The normalized spacial score (nSPS) is 10.3. The highest BCUT2D eigenvalue weighted by atomic mass is 16.5. The number of nitrogens with two attached hydrogens (primary N) is 2.